The zero-order valence-electron chi connectivity index (χ0n) is 13.0. The van der Waals surface area contributed by atoms with Crippen LogP contribution in [0.5, 0.6) is 0 Å². The van der Waals surface area contributed by atoms with Crippen molar-refractivity contribution < 1.29 is 13.6 Å². The largest absolute Gasteiger partial charge is 0.397 e. The lowest BCUT2D eigenvalue weighted by Crippen LogP contribution is -2.17. The molecule has 1 amide bonds. The van der Waals surface area contributed by atoms with E-state index in [1.165, 1.54) is 6.92 Å². The lowest BCUT2D eigenvalue weighted by Gasteiger charge is -2.11. The maximum Gasteiger partial charge on any atom is 0.333 e. The van der Waals surface area contributed by atoms with Gasteiger partial charge in [-0.25, -0.2) is 4.68 Å². The fourth-order valence-corrected chi connectivity index (χ4v) is 2.93. The maximum absolute atomic E-state index is 12.8. The molecular formula is C15H17BrF2N4O. The summed E-state index contributed by atoms with van der Waals surface area (Å²) >= 11 is 3.34. The van der Waals surface area contributed by atoms with Crippen LogP contribution in [-0.4, -0.2) is 15.7 Å². The number of benzene rings is 1. The molecule has 0 saturated heterocycles. The normalized spacial score (nSPS) is 11.1. The van der Waals surface area contributed by atoms with Gasteiger partial charge in [-0.05, 0) is 38.5 Å². The summed E-state index contributed by atoms with van der Waals surface area (Å²) in [5.41, 5.74) is 8.92. The Hall–Kier alpha value is -1.96. The van der Waals surface area contributed by atoms with Crippen LogP contribution in [0.3, 0.4) is 0 Å². The van der Waals surface area contributed by atoms with Crippen LogP contribution in [0.15, 0.2) is 16.6 Å². The molecule has 5 nitrogen and oxygen atoms in total. The second-order valence-corrected chi connectivity index (χ2v) is 6.20. The molecular weight excluding hydrogens is 370 g/mol. The average molecular weight is 387 g/mol. The third kappa shape index (κ3) is 3.69. The zero-order valence-corrected chi connectivity index (χ0v) is 14.5. The summed E-state index contributed by atoms with van der Waals surface area (Å²) in [7, 11) is 0. The van der Waals surface area contributed by atoms with Crippen molar-refractivity contribution in [3.63, 3.8) is 0 Å². The highest BCUT2D eigenvalue weighted by molar-refractivity contribution is 9.10. The number of aryl methyl sites for hydroxylation is 2. The number of alkyl halides is 2. The lowest BCUT2D eigenvalue weighted by molar-refractivity contribution is -0.115. The van der Waals surface area contributed by atoms with Crippen molar-refractivity contribution in [2.24, 2.45) is 0 Å². The van der Waals surface area contributed by atoms with E-state index in [0.717, 1.165) is 10.0 Å². The van der Waals surface area contributed by atoms with Crippen LogP contribution < -0.4 is 11.1 Å². The maximum atomic E-state index is 12.8. The molecule has 2 rings (SSSR count). The molecule has 0 aliphatic heterocycles. The van der Waals surface area contributed by atoms with Crippen molar-refractivity contribution in [1.29, 1.82) is 0 Å². The number of halogens is 3. The van der Waals surface area contributed by atoms with Crippen LogP contribution in [0.1, 0.15) is 29.1 Å². The van der Waals surface area contributed by atoms with E-state index in [-0.39, 0.29) is 18.0 Å². The van der Waals surface area contributed by atoms with Crippen LogP contribution in [0.4, 0.5) is 20.2 Å². The van der Waals surface area contributed by atoms with Gasteiger partial charge in [-0.15, -0.1) is 0 Å². The minimum atomic E-state index is -2.73. The summed E-state index contributed by atoms with van der Waals surface area (Å²) < 4.78 is 27.1. The minimum absolute atomic E-state index is 0.0462. The molecule has 0 spiro atoms. The number of carbonyl (C=O) groups excluding carboxylic acids is 1. The zero-order chi connectivity index (χ0) is 17.3. The summed E-state index contributed by atoms with van der Waals surface area (Å²) in [6, 6.07) is 3.54. The van der Waals surface area contributed by atoms with E-state index in [2.05, 4.69) is 26.3 Å². The van der Waals surface area contributed by atoms with Crippen LogP contribution in [-0.2, 0) is 11.2 Å². The third-order valence-electron chi connectivity index (χ3n) is 3.62. The summed E-state index contributed by atoms with van der Waals surface area (Å²) in [4.78, 5) is 12.2. The number of hydrogen-bond donors (Lipinski definition) is 2. The number of nitrogen functional groups attached to an aromatic ring is 1. The standard InChI is InChI=1S/C15H17BrF2N4O/c1-7-4-10(16)5-12(14(7)19)20-13(23)6-11-8(2)21-22(9(11)3)15(17)18/h4-5,15H,6,19H2,1-3H3,(H,20,23). The Bertz CT molecular complexity index is 758. The molecule has 124 valence electrons. The second-order valence-electron chi connectivity index (χ2n) is 5.28. The van der Waals surface area contributed by atoms with E-state index in [4.69, 9.17) is 5.73 Å². The Balaban J connectivity index is 2.21. The Morgan fingerprint density at radius 1 is 1.39 bits per heavy atom. The van der Waals surface area contributed by atoms with Gasteiger partial charge in [-0.3, -0.25) is 4.79 Å². The van der Waals surface area contributed by atoms with E-state index in [1.807, 2.05) is 13.0 Å². The Kier molecular flexibility index (Phi) is 5.03. The summed E-state index contributed by atoms with van der Waals surface area (Å²) in [6.07, 6.45) is -0.0462. The van der Waals surface area contributed by atoms with Gasteiger partial charge in [0.15, 0.2) is 0 Å². The molecule has 1 heterocycles. The third-order valence-corrected chi connectivity index (χ3v) is 4.08. The van der Waals surface area contributed by atoms with Crippen LogP contribution >= 0.6 is 15.9 Å². The van der Waals surface area contributed by atoms with Crippen LogP contribution in [0.25, 0.3) is 0 Å². The van der Waals surface area contributed by atoms with Crippen molar-refractivity contribution in [3.05, 3.63) is 39.1 Å². The van der Waals surface area contributed by atoms with E-state index < -0.39 is 6.55 Å². The Labute approximate surface area is 141 Å². The topological polar surface area (TPSA) is 72.9 Å². The first-order chi connectivity index (χ1) is 10.7. The molecule has 3 N–H and O–H groups in total. The number of amides is 1. The molecule has 1 aromatic heterocycles. The van der Waals surface area contributed by atoms with Crippen molar-refractivity contribution in [3.8, 4) is 0 Å². The molecule has 0 saturated carbocycles. The fourth-order valence-electron chi connectivity index (χ4n) is 2.36. The first-order valence-corrected chi connectivity index (χ1v) is 7.68. The molecule has 0 atom stereocenters. The first kappa shape index (κ1) is 17.4. The van der Waals surface area contributed by atoms with Crippen LogP contribution in [0.2, 0.25) is 0 Å². The lowest BCUT2D eigenvalue weighted by atomic mass is 10.1. The Morgan fingerprint density at radius 2 is 2.04 bits per heavy atom. The summed E-state index contributed by atoms with van der Waals surface area (Å²) in [5.74, 6) is -0.339. The van der Waals surface area contributed by atoms with Gasteiger partial charge < -0.3 is 11.1 Å². The van der Waals surface area contributed by atoms with Gasteiger partial charge >= 0.3 is 6.55 Å². The molecule has 0 aliphatic rings. The number of carbonyl (C=O) groups is 1. The van der Waals surface area contributed by atoms with Crippen molar-refractivity contribution >= 4 is 33.2 Å². The highest BCUT2D eigenvalue weighted by Crippen LogP contribution is 2.28. The molecule has 0 bridgehead atoms. The summed E-state index contributed by atoms with van der Waals surface area (Å²) in [6.45, 7) is 2.23. The number of nitrogens with one attached hydrogen (secondary N) is 1. The minimum Gasteiger partial charge on any atom is -0.397 e. The van der Waals surface area contributed by atoms with Crippen molar-refractivity contribution in [2.45, 2.75) is 33.7 Å². The first-order valence-electron chi connectivity index (χ1n) is 6.89. The quantitative estimate of drug-likeness (QED) is 0.786. The molecule has 0 aliphatic carbocycles. The average Bonchev–Trinajstić information content (AvgIpc) is 2.72. The van der Waals surface area contributed by atoms with Crippen molar-refractivity contribution in [2.75, 3.05) is 11.1 Å². The number of anilines is 2. The number of nitrogens with zero attached hydrogens (tertiary/aromatic N) is 2. The van der Waals surface area contributed by atoms with Gasteiger partial charge in [0.05, 0.1) is 23.5 Å². The number of nitrogens with two attached hydrogens (primary N) is 1. The highest BCUT2D eigenvalue weighted by Gasteiger charge is 2.19. The van der Waals surface area contributed by atoms with E-state index >= 15 is 0 Å². The smallest absolute Gasteiger partial charge is 0.333 e. The predicted molar refractivity (Wildman–Crippen MR) is 88.6 cm³/mol. The highest BCUT2D eigenvalue weighted by atomic mass is 79.9. The SMILES string of the molecule is Cc1cc(Br)cc(NC(=O)Cc2c(C)nn(C(F)F)c2C)c1N. The van der Waals surface area contributed by atoms with Gasteiger partial charge in [-0.1, -0.05) is 15.9 Å². The van der Waals surface area contributed by atoms with E-state index in [0.29, 0.717) is 27.3 Å². The molecule has 8 heteroatoms. The number of hydrogen-bond acceptors (Lipinski definition) is 3. The molecule has 2 aromatic rings. The second kappa shape index (κ2) is 6.66. The van der Waals surface area contributed by atoms with Crippen molar-refractivity contribution in [1.82, 2.24) is 9.78 Å². The number of aromatic nitrogens is 2. The fraction of sp³-hybridized carbons (Fsp3) is 0.333. The molecule has 23 heavy (non-hydrogen) atoms. The predicted octanol–water partition coefficient (Wildman–Crippen LogP) is 3.73. The monoisotopic (exact) mass is 386 g/mol. The summed E-state index contributed by atoms with van der Waals surface area (Å²) in [5, 5.41) is 6.48. The van der Waals surface area contributed by atoms with Gasteiger partial charge in [0.25, 0.3) is 0 Å². The molecule has 0 unspecified atom stereocenters. The van der Waals surface area contributed by atoms with E-state index in [9.17, 15) is 13.6 Å². The number of rotatable bonds is 4. The van der Waals surface area contributed by atoms with E-state index in [1.54, 1.807) is 13.0 Å². The van der Waals surface area contributed by atoms with Gasteiger partial charge in [0.2, 0.25) is 5.91 Å². The van der Waals surface area contributed by atoms with Gasteiger partial charge in [0, 0.05) is 15.7 Å². The molecule has 0 radical (unpaired) electrons. The van der Waals surface area contributed by atoms with Gasteiger partial charge in [0.1, 0.15) is 0 Å². The van der Waals surface area contributed by atoms with Gasteiger partial charge in [-0.2, -0.15) is 13.9 Å². The molecule has 1 aromatic carbocycles. The molecule has 0 fully saturated rings. The van der Waals surface area contributed by atoms with Crippen LogP contribution in [0, 0.1) is 20.8 Å². The Morgan fingerprint density at radius 3 is 2.61 bits per heavy atom.